The maximum atomic E-state index is 12.0. The van der Waals surface area contributed by atoms with Gasteiger partial charge in [-0.2, -0.15) is 0 Å². The second-order valence-corrected chi connectivity index (χ2v) is 4.55. The minimum Gasteiger partial charge on any atom is -0.376 e. The summed E-state index contributed by atoms with van der Waals surface area (Å²) in [6.45, 7) is 2.22. The van der Waals surface area contributed by atoms with Crippen molar-refractivity contribution in [3.63, 3.8) is 0 Å². The number of aromatic nitrogens is 1. The van der Waals surface area contributed by atoms with E-state index in [2.05, 4.69) is 10.3 Å². The molecule has 0 bridgehead atoms. The predicted octanol–water partition coefficient (Wildman–Crippen LogP) is 1.31. The Kier molecular flexibility index (Phi) is 3.48. The van der Waals surface area contributed by atoms with Gasteiger partial charge in [0.05, 0.1) is 25.9 Å². The van der Waals surface area contributed by atoms with E-state index in [1.165, 1.54) is 0 Å². The molecule has 1 aliphatic heterocycles. The van der Waals surface area contributed by atoms with Crippen molar-refractivity contribution in [1.82, 2.24) is 10.3 Å². The predicted molar refractivity (Wildman–Crippen MR) is 71.2 cm³/mol. The average Bonchev–Trinajstić information content (AvgIpc) is 2.90. The van der Waals surface area contributed by atoms with Crippen LogP contribution in [0.2, 0.25) is 0 Å². The second-order valence-electron chi connectivity index (χ2n) is 4.55. The lowest BCUT2D eigenvalue weighted by Crippen LogP contribution is -2.39. The molecule has 1 aromatic carbocycles. The molecule has 2 heterocycles. The number of benzene rings is 1. The van der Waals surface area contributed by atoms with Crippen LogP contribution in [-0.2, 0) is 9.47 Å². The maximum absolute atomic E-state index is 12.0. The smallest absolute Gasteiger partial charge is 0.267 e. The molecule has 1 atom stereocenters. The van der Waals surface area contributed by atoms with E-state index in [9.17, 15) is 4.79 Å². The normalized spacial score (nSPS) is 19.5. The number of hydrogen-bond acceptors (Lipinski definition) is 3. The maximum Gasteiger partial charge on any atom is 0.267 e. The van der Waals surface area contributed by atoms with Crippen molar-refractivity contribution in [3.8, 4) is 0 Å². The van der Waals surface area contributed by atoms with Gasteiger partial charge in [-0.05, 0) is 12.1 Å². The first-order valence-corrected chi connectivity index (χ1v) is 6.38. The minimum absolute atomic E-state index is 0.0536. The molecule has 1 fully saturated rings. The Morgan fingerprint density at radius 2 is 2.26 bits per heavy atom. The molecule has 100 valence electrons. The molecule has 19 heavy (non-hydrogen) atoms. The van der Waals surface area contributed by atoms with E-state index >= 15 is 0 Å². The number of aromatic amines is 1. The van der Waals surface area contributed by atoms with E-state index in [0.29, 0.717) is 32.1 Å². The second kappa shape index (κ2) is 5.42. The summed E-state index contributed by atoms with van der Waals surface area (Å²) in [7, 11) is 0. The molecule has 0 saturated carbocycles. The molecular formula is C14H16N2O3. The Labute approximate surface area is 110 Å². The lowest BCUT2D eigenvalue weighted by Gasteiger charge is -2.22. The van der Waals surface area contributed by atoms with Crippen LogP contribution < -0.4 is 5.32 Å². The van der Waals surface area contributed by atoms with Crippen LogP contribution in [0.3, 0.4) is 0 Å². The Hall–Kier alpha value is -1.85. The monoisotopic (exact) mass is 260 g/mol. The van der Waals surface area contributed by atoms with Crippen molar-refractivity contribution >= 4 is 16.8 Å². The number of para-hydroxylation sites is 1. The summed E-state index contributed by atoms with van der Waals surface area (Å²) in [6, 6.07) is 9.66. The van der Waals surface area contributed by atoms with Crippen LogP contribution in [0.25, 0.3) is 10.9 Å². The van der Waals surface area contributed by atoms with Crippen molar-refractivity contribution < 1.29 is 14.3 Å². The molecular weight excluding hydrogens is 244 g/mol. The molecule has 5 heteroatoms. The Bertz CT molecular complexity index is 540. The zero-order valence-electron chi connectivity index (χ0n) is 10.5. The third-order valence-electron chi connectivity index (χ3n) is 3.15. The zero-order chi connectivity index (χ0) is 13.1. The summed E-state index contributed by atoms with van der Waals surface area (Å²) in [5, 5.41) is 3.89. The van der Waals surface area contributed by atoms with E-state index in [0.717, 1.165) is 10.9 Å². The fourth-order valence-electron chi connectivity index (χ4n) is 2.15. The van der Waals surface area contributed by atoms with Crippen LogP contribution in [-0.4, -0.2) is 43.4 Å². The molecule has 5 nitrogen and oxygen atoms in total. The van der Waals surface area contributed by atoms with E-state index in [-0.39, 0.29) is 12.0 Å². The van der Waals surface area contributed by atoms with Crippen LogP contribution in [0.15, 0.2) is 30.3 Å². The van der Waals surface area contributed by atoms with Crippen molar-refractivity contribution in [2.75, 3.05) is 26.4 Å². The van der Waals surface area contributed by atoms with E-state index in [4.69, 9.17) is 9.47 Å². The molecule has 1 amide bonds. The molecule has 1 saturated heterocycles. The highest BCUT2D eigenvalue weighted by atomic mass is 16.6. The lowest BCUT2D eigenvalue weighted by atomic mass is 10.2. The molecule has 2 N–H and O–H groups in total. The number of H-pyrrole nitrogens is 1. The molecule has 0 radical (unpaired) electrons. The summed E-state index contributed by atoms with van der Waals surface area (Å²) in [5.74, 6) is -0.120. The van der Waals surface area contributed by atoms with E-state index in [1.807, 2.05) is 30.3 Å². The van der Waals surface area contributed by atoms with Gasteiger partial charge >= 0.3 is 0 Å². The highest BCUT2D eigenvalue weighted by molar-refractivity contribution is 5.97. The third kappa shape index (κ3) is 2.77. The summed E-state index contributed by atoms with van der Waals surface area (Å²) in [4.78, 5) is 15.1. The quantitative estimate of drug-likeness (QED) is 0.874. The molecule has 2 aromatic rings. The molecule has 3 rings (SSSR count). The first-order chi connectivity index (χ1) is 9.33. The average molecular weight is 260 g/mol. The van der Waals surface area contributed by atoms with Gasteiger partial charge in [-0.15, -0.1) is 0 Å². The van der Waals surface area contributed by atoms with E-state index < -0.39 is 0 Å². The zero-order valence-corrected chi connectivity index (χ0v) is 10.5. The van der Waals surface area contributed by atoms with Gasteiger partial charge in [-0.25, -0.2) is 0 Å². The Morgan fingerprint density at radius 3 is 3.05 bits per heavy atom. The van der Waals surface area contributed by atoms with Gasteiger partial charge < -0.3 is 19.8 Å². The van der Waals surface area contributed by atoms with Gasteiger partial charge in [0.1, 0.15) is 5.69 Å². The van der Waals surface area contributed by atoms with E-state index in [1.54, 1.807) is 0 Å². The number of nitrogens with one attached hydrogen (secondary N) is 2. The van der Waals surface area contributed by atoms with Crippen molar-refractivity contribution in [2.45, 2.75) is 6.10 Å². The lowest BCUT2D eigenvalue weighted by molar-refractivity contribution is -0.0855. The summed E-state index contributed by atoms with van der Waals surface area (Å²) >= 11 is 0. The van der Waals surface area contributed by atoms with Crippen molar-refractivity contribution in [2.24, 2.45) is 0 Å². The van der Waals surface area contributed by atoms with Gasteiger partial charge in [0.15, 0.2) is 0 Å². The number of hydrogen-bond donors (Lipinski definition) is 2. The fourth-order valence-corrected chi connectivity index (χ4v) is 2.15. The van der Waals surface area contributed by atoms with Gasteiger partial charge in [0.25, 0.3) is 5.91 Å². The Morgan fingerprint density at radius 1 is 1.37 bits per heavy atom. The summed E-state index contributed by atoms with van der Waals surface area (Å²) in [5.41, 5.74) is 1.53. The number of carbonyl (C=O) groups is 1. The largest absolute Gasteiger partial charge is 0.376 e. The van der Waals surface area contributed by atoms with Gasteiger partial charge in [0, 0.05) is 17.4 Å². The van der Waals surface area contributed by atoms with Gasteiger partial charge in [0.2, 0.25) is 0 Å². The summed E-state index contributed by atoms with van der Waals surface area (Å²) in [6.07, 6.45) is -0.0536. The standard InChI is InChI=1S/C14H16N2O3/c17-14(15-8-11-9-18-5-6-19-11)13-7-10-3-1-2-4-12(10)16-13/h1-4,7,11,16H,5-6,8-9H2,(H,15,17). The number of fused-ring (bicyclic) bond motifs is 1. The van der Waals surface area contributed by atoms with Gasteiger partial charge in [-0.3, -0.25) is 4.79 Å². The van der Waals surface area contributed by atoms with Gasteiger partial charge in [-0.1, -0.05) is 18.2 Å². The van der Waals surface area contributed by atoms with Crippen LogP contribution in [0, 0.1) is 0 Å². The molecule has 1 aromatic heterocycles. The first-order valence-electron chi connectivity index (χ1n) is 6.38. The third-order valence-corrected chi connectivity index (χ3v) is 3.15. The highest BCUT2D eigenvalue weighted by Gasteiger charge is 2.16. The molecule has 1 unspecified atom stereocenters. The Balaban J connectivity index is 1.63. The first kappa shape index (κ1) is 12.2. The topological polar surface area (TPSA) is 63.4 Å². The fraction of sp³-hybridized carbons (Fsp3) is 0.357. The van der Waals surface area contributed by atoms with Crippen LogP contribution >= 0.6 is 0 Å². The number of ether oxygens (including phenoxy) is 2. The number of rotatable bonds is 3. The number of carbonyl (C=O) groups excluding carboxylic acids is 1. The van der Waals surface area contributed by atoms with Crippen LogP contribution in [0.4, 0.5) is 0 Å². The minimum atomic E-state index is -0.120. The SMILES string of the molecule is O=C(NCC1COCCO1)c1cc2ccccc2[nH]1. The van der Waals surface area contributed by atoms with Crippen molar-refractivity contribution in [3.05, 3.63) is 36.0 Å². The van der Waals surface area contributed by atoms with Crippen molar-refractivity contribution in [1.29, 1.82) is 0 Å². The number of amides is 1. The van der Waals surface area contributed by atoms with Crippen LogP contribution in [0.5, 0.6) is 0 Å². The molecule has 0 aliphatic carbocycles. The van der Waals surface area contributed by atoms with Crippen LogP contribution in [0.1, 0.15) is 10.5 Å². The molecule has 1 aliphatic rings. The molecule has 0 spiro atoms. The highest BCUT2D eigenvalue weighted by Crippen LogP contribution is 2.14. The summed E-state index contributed by atoms with van der Waals surface area (Å²) < 4.78 is 10.8.